The summed E-state index contributed by atoms with van der Waals surface area (Å²) in [4.78, 5) is 9.02. The van der Waals surface area contributed by atoms with Gasteiger partial charge in [-0.1, -0.05) is 30.3 Å². The first kappa shape index (κ1) is 17.5. The number of nitrogens with two attached hydrogens (primary N) is 1. The zero-order valence-electron chi connectivity index (χ0n) is 14.7. The fraction of sp³-hybridized carbons (Fsp3) is 0.300. The van der Waals surface area contributed by atoms with Gasteiger partial charge in [0.1, 0.15) is 12.4 Å². The van der Waals surface area contributed by atoms with Crippen LogP contribution < -0.4 is 10.5 Å². The van der Waals surface area contributed by atoms with Crippen molar-refractivity contribution in [2.45, 2.75) is 19.1 Å². The third-order valence-corrected chi connectivity index (χ3v) is 5.57. The Morgan fingerprint density at radius 1 is 1.27 bits per heavy atom. The summed E-state index contributed by atoms with van der Waals surface area (Å²) in [5, 5.41) is 3.14. The van der Waals surface area contributed by atoms with Crippen molar-refractivity contribution in [2.75, 3.05) is 20.2 Å². The van der Waals surface area contributed by atoms with E-state index in [-0.39, 0.29) is 6.04 Å². The Kier molecular flexibility index (Phi) is 5.00. The highest BCUT2D eigenvalue weighted by Gasteiger charge is 2.30. The van der Waals surface area contributed by atoms with Crippen LogP contribution in [0.1, 0.15) is 22.9 Å². The fourth-order valence-corrected chi connectivity index (χ4v) is 4.11. The van der Waals surface area contributed by atoms with Crippen molar-refractivity contribution in [3.63, 3.8) is 0 Å². The Morgan fingerprint density at radius 3 is 2.81 bits per heavy atom. The molecule has 1 atom stereocenters. The number of hydrogen-bond donors (Lipinski definition) is 2. The molecule has 3 aromatic rings. The molecule has 0 saturated heterocycles. The number of H-pyrrole nitrogens is 1. The summed E-state index contributed by atoms with van der Waals surface area (Å²) in [7, 11) is 1.70. The molecule has 2 aromatic carbocycles. The van der Waals surface area contributed by atoms with Gasteiger partial charge in [0, 0.05) is 29.7 Å². The number of halogens is 1. The molecule has 6 heteroatoms. The summed E-state index contributed by atoms with van der Waals surface area (Å²) in [5.41, 5.74) is 10.7. The van der Waals surface area contributed by atoms with E-state index < -0.39 is 0 Å². The molecule has 136 valence electrons. The van der Waals surface area contributed by atoms with E-state index in [0.29, 0.717) is 13.2 Å². The van der Waals surface area contributed by atoms with Gasteiger partial charge < -0.3 is 20.3 Å². The SMILES string of the molecule is CON1CCc2c([nH]c3cc(Br)c(OCc4ccccc4)cc23)C1CN. The van der Waals surface area contributed by atoms with Gasteiger partial charge in [-0.25, -0.2) is 0 Å². The quantitative estimate of drug-likeness (QED) is 0.662. The second-order valence-corrected chi connectivity index (χ2v) is 7.30. The number of nitrogens with zero attached hydrogens (tertiary/aromatic N) is 1. The second kappa shape index (κ2) is 7.40. The number of aromatic nitrogens is 1. The number of hydrogen-bond acceptors (Lipinski definition) is 4. The molecule has 26 heavy (non-hydrogen) atoms. The van der Waals surface area contributed by atoms with Crippen molar-refractivity contribution in [1.82, 2.24) is 10.0 Å². The third kappa shape index (κ3) is 3.14. The first-order chi connectivity index (χ1) is 12.7. The van der Waals surface area contributed by atoms with Crippen molar-refractivity contribution in [2.24, 2.45) is 5.73 Å². The van der Waals surface area contributed by atoms with Gasteiger partial charge in [-0.15, -0.1) is 0 Å². The minimum absolute atomic E-state index is 0.0450. The molecular weight excluding hydrogens is 394 g/mol. The minimum atomic E-state index is 0.0450. The average Bonchev–Trinajstić information content (AvgIpc) is 3.03. The van der Waals surface area contributed by atoms with Crippen LogP contribution in [0.5, 0.6) is 5.75 Å². The number of hydroxylamine groups is 2. The van der Waals surface area contributed by atoms with Crippen molar-refractivity contribution in [3.05, 3.63) is 63.8 Å². The molecule has 0 bridgehead atoms. The summed E-state index contributed by atoms with van der Waals surface area (Å²) < 4.78 is 7.00. The first-order valence-electron chi connectivity index (χ1n) is 8.72. The molecule has 1 aliphatic heterocycles. The minimum Gasteiger partial charge on any atom is -0.488 e. The molecule has 0 radical (unpaired) electrons. The topological polar surface area (TPSA) is 63.5 Å². The highest BCUT2D eigenvalue weighted by atomic mass is 79.9. The smallest absolute Gasteiger partial charge is 0.134 e. The summed E-state index contributed by atoms with van der Waals surface area (Å²) in [6.45, 7) is 1.88. The molecule has 0 saturated carbocycles. The monoisotopic (exact) mass is 415 g/mol. The van der Waals surface area contributed by atoms with Gasteiger partial charge in [0.05, 0.1) is 17.6 Å². The van der Waals surface area contributed by atoms with E-state index in [9.17, 15) is 0 Å². The van der Waals surface area contributed by atoms with Crippen LogP contribution in [-0.2, 0) is 17.9 Å². The predicted molar refractivity (Wildman–Crippen MR) is 106 cm³/mol. The average molecular weight is 416 g/mol. The maximum Gasteiger partial charge on any atom is 0.134 e. The van der Waals surface area contributed by atoms with Crippen molar-refractivity contribution < 1.29 is 9.57 Å². The Labute approximate surface area is 161 Å². The standard InChI is InChI=1S/C20H22BrN3O2/c1-25-24-8-7-14-15-9-19(26-12-13-5-3-2-4-6-13)16(21)10-17(15)23-20(14)18(24)11-22/h2-6,9-10,18,23H,7-8,11-12,22H2,1H3. The number of nitrogens with one attached hydrogen (secondary N) is 1. The second-order valence-electron chi connectivity index (χ2n) is 6.44. The third-order valence-electron chi connectivity index (χ3n) is 4.95. The van der Waals surface area contributed by atoms with Gasteiger partial charge in [-0.05, 0) is 45.6 Å². The highest BCUT2D eigenvalue weighted by molar-refractivity contribution is 9.10. The van der Waals surface area contributed by atoms with Gasteiger partial charge in [0.15, 0.2) is 0 Å². The first-order valence-corrected chi connectivity index (χ1v) is 9.52. The number of fused-ring (bicyclic) bond motifs is 3. The van der Waals surface area contributed by atoms with E-state index in [4.69, 9.17) is 15.3 Å². The van der Waals surface area contributed by atoms with Crippen LogP contribution in [0.3, 0.4) is 0 Å². The Morgan fingerprint density at radius 2 is 2.08 bits per heavy atom. The molecule has 0 amide bonds. The molecule has 0 fully saturated rings. The molecule has 1 unspecified atom stereocenters. The van der Waals surface area contributed by atoms with Crippen molar-refractivity contribution in [1.29, 1.82) is 0 Å². The lowest BCUT2D eigenvalue weighted by molar-refractivity contribution is -0.165. The molecule has 2 heterocycles. The lowest BCUT2D eigenvalue weighted by Gasteiger charge is -2.32. The van der Waals surface area contributed by atoms with E-state index in [0.717, 1.165) is 40.0 Å². The number of benzene rings is 2. The highest BCUT2D eigenvalue weighted by Crippen LogP contribution is 2.38. The molecular formula is C20H22BrN3O2. The van der Waals surface area contributed by atoms with Gasteiger partial charge in [0.2, 0.25) is 0 Å². The molecule has 1 aliphatic rings. The maximum atomic E-state index is 6.07. The number of ether oxygens (including phenoxy) is 1. The Hall–Kier alpha value is -1.86. The summed E-state index contributed by atoms with van der Waals surface area (Å²) >= 11 is 3.64. The van der Waals surface area contributed by atoms with Crippen LogP contribution in [0.25, 0.3) is 10.9 Å². The molecule has 1 aromatic heterocycles. The molecule has 4 rings (SSSR count). The number of rotatable bonds is 5. The zero-order chi connectivity index (χ0) is 18.1. The van der Waals surface area contributed by atoms with E-state index in [1.807, 2.05) is 23.3 Å². The lowest BCUT2D eigenvalue weighted by atomic mass is 9.99. The van der Waals surface area contributed by atoms with Crippen LogP contribution in [0.15, 0.2) is 46.9 Å². The van der Waals surface area contributed by atoms with Gasteiger partial charge in [-0.3, -0.25) is 0 Å². The van der Waals surface area contributed by atoms with Crippen molar-refractivity contribution in [3.8, 4) is 5.75 Å². The van der Waals surface area contributed by atoms with Crippen LogP contribution in [-0.4, -0.2) is 30.2 Å². The summed E-state index contributed by atoms with van der Waals surface area (Å²) in [6.07, 6.45) is 0.916. The Balaban J connectivity index is 1.68. The molecule has 0 spiro atoms. The van der Waals surface area contributed by atoms with E-state index in [2.05, 4.69) is 45.2 Å². The summed E-state index contributed by atoms with van der Waals surface area (Å²) in [6, 6.07) is 14.4. The number of aromatic amines is 1. The lowest BCUT2D eigenvalue weighted by Crippen LogP contribution is -2.38. The largest absolute Gasteiger partial charge is 0.488 e. The fourth-order valence-electron chi connectivity index (χ4n) is 3.65. The van der Waals surface area contributed by atoms with E-state index >= 15 is 0 Å². The Bertz CT molecular complexity index is 910. The van der Waals surface area contributed by atoms with Gasteiger partial charge in [-0.2, -0.15) is 5.06 Å². The van der Waals surface area contributed by atoms with E-state index in [1.54, 1.807) is 7.11 Å². The molecule has 0 aliphatic carbocycles. The van der Waals surface area contributed by atoms with Crippen LogP contribution in [0.4, 0.5) is 0 Å². The molecule has 5 nitrogen and oxygen atoms in total. The zero-order valence-corrected chi connectivity index (χ0v) is 16.3. The normalized spacial score (nSPS) is 17.4. The van der Waals surface area contributed by atoms with Crippen LogP contribution >= 0.6 is 15.9 Å². The van der Waals surface area contributed by atoms with Crippen molar-refractivity contribution >= 4 is 26.8 Å². The predicted octanol–water partition coefficient (Wildman–Crippen LogP) is 3.93. The summed E-state index contributed by atoms with van der Waals surface area (Å²) in [5.74, 6) is 0.849. The van der Waals surface area contributed by atoms with Crippen LogP contribution in [0.2, 0.25) is 0 Å². The van der Waals surface area contributed by atoms with E-state index in [1.165, 1.54) is 10.9 Å². The van der Waals surface area contributed by atoms with Gasteiger partial charge in [0.25, 0.3) is 0 Å². The maximum absolute atomic E-state index is 6.07. The molecule has 3 N–H and O–H groups in total. The van der Waals surface area contributed by atoms with Crippen LogP contribution in [0, 0.1) is 0 Å². The van der Waals surface area contributed by atoms with Gasteiger partial charge >= 0.3 is 0 Å².